The summed E-state index contributed by atoms with van der Waals surface area (Å²) in [6.45, 7) is -0.424. The second kappa shape index (κ2) is 8.34. The Morgan fingerprint density at radius 3 is 2.22 bits per heavy atom. The van der Waals surface area contributed by atoms with Gasteiger partial charge in [-0.3, -0.25) is 19.2 Å². The molecule has 0 N–H and O–H groups in total. The zero-order chi connectivity index (χ0) is 22.7. The third-order valence-corrected chi connectivity index (χ3v) is 11.1. The number of benzene rings is 1. The minimum absolute atomic E-state index is 0.00101. The number of fused-ring (bicyclic) bond motifs is 5. The summed E-state index contributed by atoms with van der Waals surface area (Å²) in [5.74, 6) is -2.83. The van der Waals surface area contributed by atoms with E-state index in [1.165, 1.54) is 17.4 Å². The van der Waals surface area contributed by atoms with Gasteiger partial charge in [0.05, 0.1) is 27.3 Å². The van der Waals surface area contributed by atoms with E-state index in [9.17, 15) is 19.2 Å². The number of hydrogen-bond donors (Lipinski definition) is 0. The van der Waals surface area contributed by atoms with Crippen molar-refractivity contribution < 1.29 is 19.2 Å². The molecule has 0 radical (unpaired) electrons. The van der Waals surface area contributed by atoms with Gasteiger partial charge in [-0.2, -0.15) is 5.01 Å². The van der Waals surface area contributed by atoms with Gasteiger partial charge in [0.2, 0.25) is 0 Å². The van der Waals surface area contributed by atoms with E-state index >= 15 is 0 Å². The number of rotatable bonds is 5. The first-order valence-electron chi connectivity index (χ1n) is 10.1. The van der Waals surface area contributed by atoms with Crippen molar-refractivity contribution in [1.82, 2.24) is 10.0 Å². The largest absolute Gasteiger partial charge is 0.291 e. The number of halogens is 3. The van der Waals surface area contributed by atoms with Crippen LogP contribution in [0.4, 0.5) is 0 Å². The Morgan fingerprint density at radius 1 is 1.03 bits per heavy atom. The minimum atomic E-state index is -0.652. The number of hydrazine groups is 1. The molecule has 1 aromatic heterocycles. The minimum Gasteiger partial charge on any atom is -0.291 e. The van der Waals surface area contributed by atoms with Gasteiger partial charge in [-0.1, -0.05) is 61.7 Å². The molecule has 2 aliphatic carbocycles. The lowest BCUT2D eigenvalue weighted by atomic mass is 9.81. The molecule has 1 aliphatic heterocycles. The maximum absolute atomic E-state index is 13.5. The van der Waals surface area contributed by atoms with E-state index in [-0.39, 0.29) is 37.9 Å². The van der Waals surface area contributed by atoms with Crippen LogP contribution in [-0.4, -0.2) is 49.7 Å². The van der Waals surface area contributed by atoms with Crippen LogP contribution in [-0.2, 0) is 9.59 Å². The number of hydrogen-bond acceptors (Lipinski definition) is 5. The number of Topliss-reactive ketones (excluding diaryl/α,β-unsaturated/α-hetero) is 1. The third kappa shape index (κ3) is 3.31. The van der Waals surface area contributed by atoms with Gasteiger partial charge in [-0.05, 0) is 41.8 Å². The lowest BCUT2D eigenvalue weighted by Crippen LogP contribution is -2.52. The van der Waals surface area contributed by atoms with Crippen molar-refractivity contribution in [3.05, 3.63) is 57.2 Å². The fourth-order valence-corrected chi connectivity index (χ4v) is 7.98. The van der Waals surface area contributed by atoms with E-state index in [4.69, 9.17) is 11.6 Å². The summed E-state index contributed by atoms with van der Waals surface area (Å²) in [6, 6.07) is 9.79. The highest BCUT2D eigenvalue weighted by Crippen LogP contribution is 2.60. The summed E-state index contributed by atoms with van der Waals surface area (Å²) in [4.78, 5) is 54.0. The van der Waals surface area contributed by atoms with E-state index in [2.05, 4.69) is 31.9 Å². The SMILES string of the molecule is O=C(CN(C(=O)c1ccccc1Cl)N1C(=O)[C@@H]2[C@H]3C[C@@H]([C@H](Br)[C@H]3Br)[C@H]2C1=O)c1cccs1. The van der Waals surface area contributed by atoms with Crippen LogP contribution in [0.1, 0.15) is 26.5 Å². The first-order chi connectivity index (χ1) is 15.3. The van der Waals surface area contributed by atoms with Gasteiger partial charge in [0.25, 0.3) is 17.7 Å². The van der Waals surface area contributed by atoms with Crippen LogP contribution in [0.15, 0.2) is 41.8 Å². The van der Waals surface area contributed by atoms with Gasteiger partial charge in [-0.25, -0.2) is 5.01 Å². The highest BCUT2D eigenvalue weighted by Gasteiger charge is 2.67. The molecule has 6 atom stereocenters. The zero-order valence-corrected chi connectivity index (χ0v) is 21.2. The number of amides is 3. The highest BCUT2D eigenvalue weighted by atomic mass is 79.9. The average molecular weight is 601 g/mol. The van der Waals surface area contributed by atoms with Crippen LogP contribution in [0.3, 0.4) is 0 Å². The van der Waals surface area contributed by atoms with Crippen molar-refractivity contribution in [3.63, 3.8) is 0 Å². The highest BCUT2D eigenvalue weighted by molar-refractivity contribution is 9.12. The summed E-state index contributed by atoms with van der Waals surface area (Å²) < 4.78 is 0. The maximum Gasteiger partial charge on any atom is 0.274 e. The van der Waals surface area contributed by atoms with Crippen LogP contribution in [0.5, 0.6) is 0 Å². The second-order valence-electron chi connectivity index (χ2n) is 8.24. The molecule has 2 bridgehead atoms. The van der Waals surface area contributed by atoms with E-state index in [0.717, 1.165) is 16.4 Å². The maximum atomic E-state index is 13.5. The van der Waals surface area contributed by atoms with Crippen molar-refractivity contribution in [2.24, 2.45) is 23.7 Å². The van der Waals surface area contributed by atoms with Crippen molar-refractivity contribution in [2.45, 2.75) is 16.1 Å². The molecule has 2 saturated carbocycles. The Morgan fingerprint density at radius 2 is 1.66 bits per heavy atom. The average Bonchev–Trinajstić information content (AvgIpc) is 3.53. The Labute approximate surface area is 210 Å². The fraction of sp³-hybridized carbons (Fsp3) is 0.364. The lowest BCUT2D eigenvalue weighted by molar-refractivity contribution is -0.154. The first-order valence-corrected chi connectivity index (χ1v) is 13.2. The van der Waals surface area contributed by atoms with E-state index in [1.807, 2.05) is 0 Å². The number of thiophene rings is 1. The number of nitrogens with zero attached hydrogens (tertiary/aromatic N) is 2. The van der Waals surface area contributed by atoms with Gasteiger partial charge in [0.15, 0.2) is 5.78 Å². The molecule has 166 valence electrons. The zero-order valence-electron chi connectivity index (χ0n) is 16.5. The van der Waals surface area contributed by atoms with Crippen LogP contribution in [0.2, 0.25) is 5.02 Å². The van der Waals surface area contributed by atoms with Crippen molar-refractivity contribution >= 4 is 78.3 Å². The quantitative estimate of drug-likeness (QED) is 0.290. The van der Waals surface area contributed by atoms with Gasteiger partial charge in [0, 0.05) is 9.65 Å². The van der Waals surface area contributed by atoms with Crippen molar-refractivity contribution in [2.75, 3.05) is 6.54 Å². The molecule has 3 fully saturated rings. The van der Waals surface area contributed by atoms with E-state index in [1.54, 1.807) is 35.7 Å². The second-order valence-corrected chi connectivity index (χ2v) is 11.7. The van der Waals surface area contributed by atoms with Crippen LogP contribution in [0.25, 0.3) is 0 Å². The molecular weight excluding hydrogens is 584 g/mol. The Bertz CT molecular complexity index is 1090. The van der Waals surface area contributed by atoms with Crippen molar-refractivity contribution in [1.29, 1.82) is 0 Å². The van der Waals surface area contributed by atoms with Crippen LogP contribution >= 0.6 is 54.8 Å². The normalized spacial score (nSPS) is 30.7. The van der Waals surface area contributed by atoms with E-state index < -0.39 is 36.1 Å². The Balaban J connectivity index is 1.53. The molecule has 0 spiro atoms. The molecule has 6 nitrogen and oxygen atoms in total. The summed E-state index contributed by atoms with van der Waals surface area (Å²) in [7, 11) is 0. The topological polar surface area (TPSA) is 74.8 Å². The summed E-state index contributed by atoms with van der Waals surface area (Å²) in [5, 5.41) is 3.84. The fourth-order valence-electron chi connectivity index (χ4n) is 5.23. The van der Waals surface area contributed by atoms with Gasteiger partial charge in [-0.15, -0.1) is 11.3 Å². The lowest BCUT2D eigenvalue weighted by Gasteiger charge is -2.31. The van der Waals surface area contributed by atoms with Crippen molar-refractivity contribution in [3.8, 4) is 0 Å². The molecule has 3 amide bonds. The molecule has 10 heteroatoms. The number of ketones is 1. The predicted molar refractivity (Wildman–Crippen MR) is 127 cm³/mol. The third-order valence-electron chi connectivity index (χ3n) is 6.63. The number of carbonyl (C=O) groups excluding carboxylic acids is 4. The molecule has 1 aromatic carbocycles. The number of alkyl halides is 2. The van der Waals surface area contributed by atoms with Gasteiger partial charge < -0.3 is 0 Å². The van der Waals surface area contributed by atoms with Gasteiger partial charge in [0.1, 0.15) is 6.54 Å². The first kappa shape index (κ1) is 22.3. The van der Waals surface area contributed by atoms with Gasteiger partial charge >= 0.3 is 0 Å². The molecule has 0 unspecified atom stereocenters. The standard InChI is InChI=1S/C22H17Br2ClN2O4S/c23-18-11-8-12(19(18)24)17-16(11)21(30)27(22(17)31)26(9-14(28)15-6-3-7-32-15)20(29)10-4-1-2-5-13(10)25/h1-7,11-12,16-19H,8-9H2/t11-,12-,16-,17-,18+,19+/m1/s1. The van der Waals surface area contributed by atoms with E-state index in [0.29, 0.717) is 4.88 Å². The smallest absolute Gasteiger partial charge is 0.274 e. The summed E-state index contributed by atoms with van der Waals surface area (Å²) in [5.41, 5.74) is 0.130. The monoisotopic (exact) mass is 598 g/mol. The summed E-state index contributed by atoms with van der Waals surface area (Å²) in [6.07, 6.45) is 0.777. The molecule has 2 heterocycles. The summed E-state index contributed by atoms with van der Waals surface area (Å²) >= 11 is 14.8. The molecule has 3 aliphatic rings. The molecular formula is C22H17Br2ClN2O4S. The Kier molecular flexibility index (Phi) is 5.80. The number of carbonyl (C=O) groups is 4. The number of imide groups is 1. The van der Waals surface area contributed by atoms with Crippen LogP contribution < -0.4 is 0 Å². The molecule has 1 saturated heterocycles. The predicted octanol–water partition coefficient (Wildman–Crippen LogP) is 4.42. The molecule has 2 aromatic rings. The van der Waals surface area contributed by atoms with Crippen LogP contribution in [0, 0.1) is 23.7 Å². The molecule has 32 heavy (non-hydrogen) atoms. The molecule has 5 rings (SSSR count). The Hall–Kier alpha value is -1.55.